The first-order valence-electron chi connectivity index (χ1n) is 6.33. The smallest absolute Gasteiger partial charge is 0.262 e. The molecule has 1 heterocycles. The SMILES string of the molecule is CNC(=O)CCC(C=O)N1C(=O)c2ccc(Br)cc2C1=O. The third-order valence-electron chi connectivity index (χ3n) is 3.31. The molecule has 7 heteroatoms. The zero-order chi connectivity index (χ0) is 15.6. The molecule has 0 spiro atoms. The number of carbonyl (C=O) groups is 4. The summed E-state index contributed by atoms with van der Waals surface area (Å²) in [4.78, 5) is 48.0. The summed E-state index contributed by atoms with van der Waals surface area (Å²) in [7, 11) is 1.48. The molecule has 1 aliphatic rings. The van der Waals surface area contributed by atoms with Crippen molar-refractivity contribution in [1.29, 1.82) is 0 Å². The van der Waals surface area contributed by atoms with Gasteiger partial charge in [-0.2, -0.15) is 0 Å². The fourth-order valence-corrected chi connectivity index (χ4v) is 2.56. The third kappa shape index (κ3) is 2.87. The number of aldehydes is 1. The Bertz CT molecular complexity index is 629. The van der Waals surface area contributed by atoms with Crippen molar-refractivity contribution in [2.75, 3.05) is 7.05 Å². The predicted octanol–water partition coefficient (Wildman–Crippen LogP) is 1.14. The molecule has 110 valence electrons. The van der Waals surface area contributed by atoms with E-state index in [2.05, 4.69) is 21.2 Å². The maximum Gasteiger partial charge on any atom is 0.262 e. The Labute approximate surface area is 129 Å². The van der Waals surface area contributed by atoms with E-state index in [1.54, 1.807) is 18.2 Å². The molecule has 1 aromatic carbocycles. The molecule has 0 radical (unpaired) electrons. The van der Waals surface area contributed by atoms with Crippen molar-refractivity contribution in [3.05, 3.63) is 33.8 Å². The van der Waals surface area contributed by atoms with E-state index in [-0.39, 0.29) is 29.9 Å². The highest BCUT2D eigenvalue weighted by Gasteiger charge is 2.39. The number of rotatable bonds is 5. The first-order chi connectivity index (χ1) is 9.99. The van der Waals surface area contributed by atoms with Crippen molar-refractivity contribution in [2.24, 2.45) is 0 Å². The van der Waals surface area contributed by atoms with Gasteiger partial charge in [0, 0.05) is 17.9 Å². The second-order valence-corrected chi connectivity index (χ2v) is 5.50. The summed E-state index contributed by atoms with van der Waals surface area (Å²) in [5, 5.41) is 2.43. The lowest BCUT2D eigenvalue weighted by molar-refractivity contribution is -0.121. The number of carbonyl (C=O) groups excluding carboxylic acids is 4. The predicted molar refractivity (Wildman–Crippen MR) is 77.8 cm³/mol. The number of nitrogens with one attached hydrogen (secondary N) is 1. The molecule has 1 N–H and O–H groups in total. The van der Waals surface area contributed by atoms with Gasteiger partial charge in [0.25, 0.3) is 11.8 Å². The average molecular weight is 353 g/mol. The number of amides is 3. The quantitative estimate of drug-likeness (QED) is 0.636. The lowest BCUT2D eigenvalue weighted by Gasteiger charge is -2.20. The third-order valence-corrected chi connectivity index (χ3v) is 3.81. The molecule has 0 bridgehead atoms. The van der Waals surface area contributed by atoms with Crippen molar-refractivity contribution < 1.29 is 19.2 Å². The molecular weight excluding hydrogens is 340 g/mol. The van der Waals surface area contributed by atoms with E-state index < -0.39 is 17.9 Å². The lowest BCUT2D eigenvalue weighted by Crippen LogP contribution is -2.41. The fraction of sp³-hybridized carbons (Fsp3) is 0.286. The summed E-state index contributed by atoms with van der Waals surface area (Å²) in [5.41, 5.74) is 0.538. The Morgan fingerprint density at radius 3 is 2.62 bits per heavy atom. The van der Waals surface area contributed by atoms with Gasteiger partial charge in [-0.25, -0.2) is 0 Å². The number of fused-ring (bicyclic) bond motifs is 1. The average Bonchev–Trinajstić information content (AvgIpc) is 2.72. The van der Waals surface area contributed by atoms with Gasteiger partial charge in [-0.3, -0.25) is 19.3 Å². The van der Waals surface area contributed by atoms with Crippen molar-refractivity contribution in [2.45, 2.75) is 18.9 Å². The van der Waals surface area contributed by atoms with E-state index in [9.17, 15) is 19.2 Å². The van der Waals surface area contributed by atoms with Crippen LogP contribution in [0.3, 0.4) is 0 Å². The largest absolute Gasteiger partial charge is 0.359 e. The number of nitrogens with zero attached hydrogens (tertiary/aromatic N) is 1. The Morgan fingerprint density at radius 2 is 2.00 bits per heavy atom. The number of imide groups is 1. The van der Waals surface area contributed by atoms with Crippen molar-refractivity contribution >= 4 is 39.9 Å². The van der Waals surface area contributed by atoms with Crippen LogP contribution in [0.1, 0.15) is 33.6 Å². The molecular formula is C14H13BrN2O4. The zero-order valence-electron chi connectivity index (χ0n) is 11.3. The Balaban J connectivity index is 2.24. The number of hydrogen-bond donors (Lipinski definition) is 1. The number of halogens is 1. The highest BCUT2D eigenvalue weighted by Crippen LogP contribution is 2.28. The van der Waals surface area contributed by atoms with Gasteiger partial charge >= 0.3 is 0 Å². The molecule has 1 aliphatic heterocycles. The molecule has 0 fully saturated rings. The van der Waals surface area contributed by atoms with Crippen LogP contribution in [0.25, 0.3) is 0 Å². The maximum absolute atomic E-state index is 12.3. The van der Waals surface area contributed by atoms with E-state index in [4.69, 9.17) is 0 Å². The molecule has 1 aromatic rings. The minimum absolute atomic E-state index is 0.0665. The summed E-state index contributed by atoms with van der Waals surface area (Å²) in [6.07, 6.45) is 0.701. The minimum Gasteiger partial charge on any atom is -0.359 e. The fourth-order valence-electron chi connectivity index (χ4n) is 2.19. The lowest BCUT2D eigenvalue weighted by atomic mass is 10.1. The second-order valence-electron chi connectivity index (χ2n) is 4.59. The summed E-state index contributed by atoms with van der Waals surface area (Å²) in [6.45, 7) is 0. The summed E-state index contributed by atoms with van der Waals surface area (Å²) in [5.74, 6) is -1.26. The van der Waals surface area contributed by atoms with Crippen LogP contribution in [-0.2, 0) is 9.59 Å². The van der Waals surface area contributed by atoms with E-state index in [0.29, 0.717) is 10.8 Å². The van der Waals surface area contributed by atoms with E-state index in [1.807, 2.05) is 0 Å². The van der Waals surface area contributed by atoms with Crippen LogP contribution in [0.4, 0.5) is 0 Å². The van der Waals surface area contributed by atoms with Gasteiger partial charge in [0.1, 0.15) is 6.29 Å². The molecule has 0 saturated heterocycles. The van der Waals surface area contributed by atoms with Gasteiger partial charge in [0.15, 0.2) is 0 Å². The molecule has 0 aliphatic carbocycles. The Kier molecular flexibility index (Phi) is 4.52. The monoisotopic (exact) mass is 352 g/mol. The van der Waals surface area contributed by atoms with Gasteiger partial charge in [-0.05, 0) is 24.6 Å². The minimum atomic E-state index is -0.937. The molecule has 3 amide bonds. The Morgan fingerprint density at radius 1 is 1.33 bits per heavy atom. The molecule has 2 rings (SSSR count). The molecule has 21 heavy (non-hydrogen) atoms. The first-order valence-corrected chi connectivity index (χ1v) is 7.12. The highest BCUT2D eigenvalue weighted by molar-refractivity contribution is 9.10. The molecule has 1 unspecified atom stereocenters. The highest BCUT2D eigenvalue weighted by atomic mass is 79.9. The van der Waals surface area contributed by atoms with Gasteiger partial charge in [-0.15, -0.1) is 0 Å². The van der Waals surface area contributed by atoms with Crippen molar-refractivity contribution in [1.82, 2.24) is 10.2 Å². The van der Waals surface area contributed by atoms with Crippen LogP contribution >= 0.6 is 15.9 Å². The molecule has 0 aromatic heterocycles. The van der Waals surface area contributed by atoms with Gasteiger partial charge in [-0.1, -0.05) is 15.9 Å². The standard InChI is InChI=1S/C14H13BrN2O4/c1-16-12(19)5-3-9(7-18)17-13(20)10-4-2-8(15)6-11(10)14(17)21/h2,4,6-7,9H,3,5H2,1H3,(H,16,19). The van der Waals surface area contributed by atoms with Gasteiger partial charge in [0.2, 0.25) is 5.91 Å². The number of hydrogen-bond acceptors (Lipinski definition) is 4. The molecule has 0 saturated carbocycles. The van der Waals surface area contributed by atoms with Crippen LogP contribution in [0.5, 0.6) is 0 Å². The summed E-state index contributed by atoms with van der Waals surface area (Å²) >= 11 is 3.24. The zero-order valence-corrected chi connectivity index (χ0v) is 12.8. The van der Waals surface area contributed by atoms with Crippen LogP contribution in [0.2, 0.25) is 0 Å². The van der Waals surface area contributed by atoms with E-state index in [0.717, 1.165) is 4.90 Å². The van der Waals surface area contributed by atoms with Gasteiger partial charge in [0.05, 0.1) is 17.2 Å². The maximum atomic E-state index is 12.3. The topological polar surface area (TPSA) is 83.6 Å². The van der Waals surface area contributed by atoms with Gasteiger partial charge < -0.3 is 10.1 Å². The summed E-state index contributed by atoms with van der Waals surface area (Å²) in [6, 6.07) is 3.82. The normalized spacial score (nSPS) is 14.9. The van der Waals surface area contributed by atoms with E-state index >= 15 is 0 Å². The number of benzene rings is 1. The van der Waals surface area contributed by atoms with E-state index in [1.165, 1.54) is 7.05 Å². The van der Waals surface area contributed by atoms with Crippen LogP contribution < -0.4 is 5.32 Å². The van der Waals surface area contributed by atoms with Crippen molar-refractivity contribution in [3.63, 3.8) is 0 Å². The Hall–Kier alpha value is -2.02. The van der Waals surface area contributed by atoms with Crippen LogP contribution in [-0.4, -0.2) is 42.0 Å². The van der Waals surface area contributed by atoms with Crippen LogP contribution in [0, 0.1) is 0 Å². The van der Waals surface area contributed by atoms with Crippen molar-refractivity contribution in [3.8, 4) is 0 Å². The first kappa shape index (κ1) is 15.4. The summed E-state index contributed by atoms with van der Waals surface area (Å²) < 4.78 is 0.678. The second kappa shape index (κ2) is 6.17. The van der Waals surface area contributed by atoms with Crippen LogP contribution in [0.15, 0.2) is 22.7 Å². The molecule has 6 nitrogen and oxygen atoms in total. The molecule has 1 atom stereocenters.